The molecule has 0 spiro atoms. The minimum absolute atomic E-state index is 0.0288. The van der Waals surface area contributed by atoms with Gasteiger partial charge in [0.15, 0.2) is 0 Å². The van der Waals surface area contributed by atoms with Crippen molar-refractivity contribution >= 4 is 12.0 Å². The van der Waals surface area contributed by atoms with Gasteiger partial charge in [-0.05, 0) is 49.7 Å². The van der Waals surface area contributed by atoms with Gasteiger partial charge in [0.2, 0.25) is 0 Å². The van der Waals surface area contributed by atoms with Crippen molar-refractivity contribution in [1.29, 1.82) is 0 Å². The predicted molar refractivity (Wildman–Crippen MR) is 104 cm³/mol. The Morgan fingerprint density at radius 1 is 1.07 bits per heavy atom. The Morgan fingerprint density at radius 3 is 2.57 bits per heavy atom. The lowest BCUT2D eigenvalue weighted by Crippen LogP contribution is -2.47. The highest BCUT2D eigenvalue weighted by molar-refractivity contribution is 5.75. The summed E-state index contributed by atoms with van der Waals surface area (Å²) in [5.74, 6) is -1.01. The van der Waals surface area contributed by atoms with E-state index in [9.17, 15) is 9.59 Å². The molecule has 2 aliphatic rings. The highest BCUT2D eigenvalue weighted by Gasteiger charge is 2.33. The number of urea groups is 1. The van der Waals surface area contributed by atoms with Gasteiger partial charge in [0.25, 0.3) is 0 Å². The Bertz CT molecular complexity index is 828. The zero-order valence-electron chi connectivity index (χ0n) is 15.8. The van der Waals surface area contributed by atoms with E-state index in [-0.39, 0.29) is 30.1 Å². The summed E-state index contributed by atoms with van der Waals surface area (Å²) in [5.41, 5.74) is 2.42. The van der Waals surface area contributed by atoms with Crippen LogP contribution < -0.4 is 10.6 Å². The molecule has 3 N–H and O–H groups in total. The SMILES string of the molecule is O=C(NC1CCC(C(=O)O)CC1)NC1c2ccccc2CCC1n1ccnc1. The van der Waals surface area contributed by atoms with Crippen LogP contribution in [0.4, 0.5) is 4.79 Å². The lowest BCUT2D eigenvalue weighted by atomic mass is 9.84. The van der Waals surface area contributed by atoms with Gasteiger partial charge in [-0.1, -0.05) is 24.3 Å². The maximum atomic E-state index is 12.8. The fourth-order valence-electron chi connectivity index (χ4n) is 4.56. The summed E-state index contributed by atoms with van der Waals surface area (Å²) in [6.45, 7) is 0. The normalized spacial score (nSPS) is 26.9. The van der Waals surface area contributed by atoms with Gasteiger partial charge in [-0.15, -0.1) is 0 Å². The Kier molecular flexibility index (Phi) is 5.32. The third-order valence-electron chi connectivity index (χ3n) is 6.09. The number of nitrogens with zero attached hydrogens (tertiary/aromatic N) is 2. The van der Waals surface area contributed by atoms with E-state index >= 15 is 0 Å². The van der Waals surface area contributed by atoms with Gasteiger partial charge in [0.05, 0.1) is 24.3 Å². The standard InChI is InChI=1S/C21H26N4O3/c26-20(27)15-5-8-16(9-6-15)23-21(28)24-19-17-4-2-1-3-14(17)7-10-18(19)25-12-11-22-13-25/h1-4,11-13,15-16,18-19H,5-10H2,(H,26,27)(H2,23,24,28). The van der Waals surface area contributed by atoms with Crippen LogP contribution in [0.1, 0.15) is 55.3 Å². The zero-order chi connectivity index (χ0) is 19.5. The van der Waals surface area contributed by atoms with E-state index in [0.29, 0.717) is 25.7 Å². The highest BCUT2D eigenvalue weighted by atomic mass is 16.4. The maximum absolute atomic E-state index is 12.8. The van der Waals surface area contributed by atoms with E-state index in [0.717, 1.165) is 18.4 Å². The van der Waals surface area contributed by atoms with Gasteiger partial charge >= 0.3 is 12.0 Å². The fourth-order valence-corrected chi connectivity index (χ4v) is 4.56. The molecule has 2 aromatic rings. The lowest BCUT2D eigenvalue weighted by Gasteiger charge is -2.35. The maximum Gasteiger partial charge on any atom is 0.315 e. The van der Waals surface area contributed by atoms with Crippen molar-refractivity contribution in [2.75, 3.05) is 0 Å². The number of aryl methyl sites for hydroxylation is 1. The molecule has 1 aromatic carbocycles. The topological polar surface area (TPSA) is 96.3 Å². The number of nitrogens with one attached hydrogen (secondary N) is 2. The number of fused-ring (bicyclic) bond motifs is 1. The molecule has 1 saturated carbocycles. The number of carbonyl (C=O) groups excluding carboxylic acids is 1. The molecule has 2 amide bonds. The number of benzene rings is 1. The largest absolute Gasteiger partial charge is 0.481 e. The number of carboxylic acids is 1. The summed E-state index contributed by atoms with van der Waals surface area (Å²) in [6.07, 6.45) is 10.1. The fraction of sp³-hybridized carbons (Fsp3) is 0.476. The molecule has 2 atom stereocenters. The van der Waals surface area contributed by atoms with Crippen LogP contribution in [0.15, 0.2) is 43.0 Å². The van der Waals surface area contributed by atoms with E-state index in [1.165, 1.54) is 5.56 Å². The van der Waals surface area contributed by atoms with Crippen LogP contribution in [0, 0.1) is 5.92 Å². The molecule has 7 heteroatoms. The van der Waals surface area contributed by atoms with Gasteiger partial charge in [0, 0.05) is 18.4 Å². The third-order valence-corrected chi connectivity index (χ3v) is 6.09. The Labute approximate surface area is 164 Å². The average Bonchev–Trinajstić information content (AvgIpc) is 3.23. The smallest absolute Gasteiger partial charge is 0.315 e. The van der Waals surface area contributed by atoms with Gasteiger partial charge in [-0.25, -0.2) is 9.78 Å². The Morgan fingerprint density at radius 2 is 1.86 bits per heavy atom. The molecule has 2 unspecified atom stereocenters. The Balaban J connectivity index is 1.45. The van der Waals surface area contributed by atoms with Crippen molar-refractivity contribution in [3.63, 3.8) is 0 Å². The first-order chi connectivity index (χ1) is 13.6. The van der Waals surface area contributed by atoms with E-state index in [4.69, 9.17) is 5.11 Å². The number of amides is 2. The lowest BCUT2D eigenvalue weighted by molar-refractivity contribution is -0.142. The number of aliphatic carboxylic acids is 1. The quantitative estimate of drug-likeness (QED) is 0.757. The minimum Gasteiger partial charge on any atom is -0.481 e. The van der Waals surface area contributed by atoms with E-state index in [1.54, 1.807) is 12.5 Å². The number of rotatable bonds is 4. The molecule has 1 aromatic heterocycles. The molecule has 7 nitrogen and oxygen atoms in total. The van der Waals surface area contributed by atoms with Crippen molar-refractivity contribution in [2.24, 2.45) is 5.92 Å². The molecule has 1 heterocycles. The molecule has 1 fully saturated rings. The molecule has 0 bridgehead atoms. The predicted octanol–water partition coefficient (Wildman–Crippen LogP) is 3.05. The van der Waals surface area contributed by atoms with Gasteiger partial charge < -0.3 is 20.3 Å². The minimum atomic E-state index is -0.732. The second-order valence-electron chi connectivity index (χ2n) is 7.80. The van der Waals surface area contributed by atoms with Crippen molar-refractivity contribution in [1.82, 2.24) is 20.2 Å². The number of hydrogen-bond donors (Lipinski definition) is 3. The first kappa shape index (κ1) is 18.5. The highest BCUT2D eigenvalue weighted by Crippen LogP contribution is 2.37. The third kappa shape index (κ3) is 3.88. The van der Waals surface area contributed by atoms with Crippen LogP contribution >= 0.6 is 0 Å². The summed E-state index contributed by atoms with van der Waals surface area (Å²) in [7, 11) is 0. The molecule has 28 heavy (non-hydrogen) atoms. The second-order valence-corrected chi connectivity index (χ2v) is 7.80. The van der Waals surface area contributed by atoms with Crippen LogP contribution in [0.5, 0.6) is 0 Å². The molecule has 2 aliphatic carbocycles. The summed E-state index contributed by atoms with van der Waals surface area (Å²) in [5, 5.41) is 15.4. The molecule has 0 aliphatic heterocycles. The van der Waals surface area contributed by atoms with E-state index in [1.807, 2.05) is 18.3 Å². The van der Waals surface area contributed by atoms with E-state index in [2.05, 4.69) is 32.3 Å². The number of imidazole rings is 1. The monoisotopic (exact) mass is 382 g/mol. The molecular weight excluding hydrogens is 356 g/mol. The van der Waals surface area contributed by atoms with Crippen molar-refractivity contribution < 1.29 is 14.7 Å². The van der Waals surface area contributed by atoms with Crippen LogP contribution in [0.3, 0.4) is 0 Å². The van der Waals surface area contributed by atoms with Crippen LogP contribution in [-0.2, 0) is 11.2 Å². The number of carbonyl (C=O) groups is 2. The van der Waals surface area contributed by atoms with Crippen LogP contribution in [0.2, 0.25) is 0 Å². The van der Waals surface area contributed by atoms with Crippen LogP contribution in [-0.4, -0.2) is 32.7 Å². The average molecular weight is 382 g/mol. The zero-order valence-corrected chi connectivity index (χ0v) is 15.8. The van der Waals surface area contributed by atoms with Gasteiger partial charge in [0.1, 0.15) is 0 Å². The summed E-state index contributed by atoms with van der Waals surface area (Å²) in [6, 6.07) is 8.08. The number of aromatic nitrogens is 2. The van der Waals surface area contributed by atoms with Gasteiger partial charge in [-0.2, -0.15) is 0 Å². The van der Waals surface area contributed by atoms with Crippen molar-refractivity contribution in [3.8, 4) is 0 Å². The molecule has 148 valence electrons. The van der Waals surface area contributed by atoms with E-state index < -0.39 is 5.97 Å². The number of hydrogen-bond acceptors (Lipinski definition) is 3. The molecular formula is C21H26N4O3. The van der Waals surface area contributed by atoms with Crippen LogP contribution in [0.25, 0.3) is 0 Å². The summed E-state index contributed by atoms with van der Waals surface area (Å²) >= 11 is 0. The molecule has 4 rings (SSSR count). The number of carboxylic acid groups (broad SMARTS) is 1. The molecule has 0 radical (unpaired) electrons. The Hall–Kier alpha value is -2.83. The van der Waals surface area contributed by atoms with Crippen molar-refractivity contribution in [3.05, 3.63) is 54.1 Å². The van der Waals surface area contributed by atoms with Gasteiger partial charge in [-0.3, -0.25) is 4.79 Å². The first-order valence-electron chi connectivity index (χ1n) is 9.97. The second kappa shape index (κ2) is 8.04. The summed E-state index contributed by atoms with van der Waals surface area (Å²) < 4.78 is 2.07. The molecule has 0 saturated heterocycles. The first-order valence-corrected chi connectivity index (χ1v) is 9.97. The van der Waals surface area contributed by atoms with Crippen molar-refractivity contribution in [2.45, 2.75) is 56.7 Å². The summed E-state index contributed by atoms with van der Waals surface area (Å²) in [4.78, 5) is 28.0.